The molecular formula is C34H34Cl3N3O11. The predicted octanol–water partition coefficient (Wildman–Crippen LogP) is 2.95. The molecule has 6 atom stereocenters. The molecule has 1 aliphatic heterocycles. The number of methoxy groups -OCH3 is 1. The molecule has 1 saturated heterocycles. The molecule has 17 heteroatoms. The number of carbonyl (C=O) groups excluding carboxylic acids is 3. The Morgan fingerprint density at radius 2 is 1.80 bits per heavy atom. The van der Waals surface area contributed by atoms with Crippen molar-refractivity contribution >= 4 is 58.8 Å². The van der Waals surface area contributed by atoms with E-state index in [2.05, 4.69) is 10.5 Å². The van der Waals surface area contributed by atoms with E-state index in [0.29, 0.717) is 0 Å². The summed E-state index contributed by atoms with van der Waals surface area (Å²) in [5.74, 6) is -3.66. The maximum absolute atomic E-state index is 13.9. The molecule has 272 valence electrons. The highest BCUT2D eigenvalue weighted by molar-refractivity contribution is 6.42. The van der Waals surface area contributed by atoms with Gasteiger partial charge in [0.2, 0.25) is 5.78 Å². The summed E-state index contributed by atoms with van der Waals surface area (Å²) in [4.78, 5) is 40.7. The van der Waals surface area contributed by atoms with E-state index >= 15 is 0 Å². The first-order chi connectivity index (χ1) is 23.7. The van der Waals surface area contributed by atoms with Crippen molar-refractivity contribution in [2.24, 2.45) is 10.8 Å². The molecular weight excluding hydrogens is 733 g/mol. The van der Waals surface area contributed by atoms with E-state index in [-0.39, 0.29) is 68.2 Å². The van der Waals surface area contributed by atoms with Gasteiger partial charge in [0.1, 0.15) is 22.8 Å². The van der Waals surface area contributed by atoms with E-state index in [9.17, 15) is 39.9 Å². The van der Waals surface area contributed by atoms with Gasteiger partial charge in [0.25, 0.3) is 5.91 Å². The van der Waals surface area contributed by atoms with Crippen LogP contribution in [0.5, 0.6) is 17.2 Å². The Hall–Kier alpha value is -3.83. The van der Waals surface area contributed by atoms with Crippen LogP contribution in [0.25, 0.3) is 0 Å². The molecule has 0 radical (unpaired) electrons. The molecule has 0 spiro atoms. The Labute approximate surface area is 307 Å². The monoisotopic (exact) mass is 765 g/mol. The Kier molecular flexibility index (Phi) is 11.0. The Morgan fingerprint density at radius 1 is 1.10 bits per heavy atom. The number of phenolic OH excluding ortho intramolecular Hbond substituents is 2. The number of aromatic hydroxyl groups is 2. The Balaban J connectivity index is 0.00000504. The molecule has 1 fully saturated rings. The molecule has 3 aliphatic rings. The van der Waals surface area contributed by atoms with Gasteiger partial charge in [-0.15, -0.1) is 12.4 Å². The van der Waals surface area contributed by atoms with Gasteiger partial charge in [0, 0.05) is 47.6 Å². The van der Waals surface area contributed by atoms with E-state index in [1.165, 1.54) is 43.5 Å². The number of carbonyl (C=O) groups is 3. The van der Waals surface area contributed by atoms with E-state index in [1.807, 2.05) is 0 Å². The molecule has 0 aromatic heterocycles. The van der Waals surface area contributed by atoms with Crippen LogP contribution >= 0.6 is 35.6 Å². The smallest absolute Gasteiger partial charge is 0.271 e. The van der Waals surface area contributed by atoms with Crippen LogP contribution in [0, 0.1) is 0 Å². The lowest BCUT2D eigenvalue weighted by molar-refractivity contribution is -0.245. The minimum Gasteiger partial charge on any atom is -0.507 e. The van der Waals surface area contributed by atoms with Gasteiger partial charge in [0.15, 0.2) is 12.1 Å². The van der Waals surface area contributed by atoms with E-state index in [4.69, 9.17) is 43.1 Å². The minimum absolute atomic E-state index is 0. The highest BCUT2D eigenvalue weighted by Crippen LogP contribution is 2.52. The first-order valence-corrected chi connectivity index (χ1v) is 16.2. The molecule has 0 unspecified atom stereocenters. The largest absolute Gasteiger partial charge is 0.507 e. The number of nitrogens with two attached hydrogens (primary N) is 1. The van der Waals surface area contributed by atoms with Crippen molar-refractivity contribution in [1.82, 2.24) is 5.43 Å². The second kappa shape index (κ2) is 14.7. The van der Waals surface area contributed by atoms with Crippen LogP contribution in [0.4, 0.5) is 0 Å². The number of hydrogen-bond donors (Lipinski definition) is 7. The topological polar surface area (TPSA) is 230 Å². The van der Waals surface area contributed by atoms with Crippen molar-refractivity contribution in [2.45, 2.75) is 62.4 Å². The zero-order valence-corrected chi connectivity index (χ0v) is 29.4. The SMILES string of the molecule is COc1cccc2c1C(=O)c1c(O)c3c(c(O)c1C2=O)C[C@@](O)(/C(CO)=N/NC(=O)c1ccc(Cl)c(Cl)c1)C[C@@H]3O[C@@H]1C[C@@H](N)[C@@H](O)[C@@H](C)O1.Cl. The maximum Gasteiger partial charge on any atom is 0.271 e. The third kappa shape index (κ3) is 6.67. The van der Waals surface area contributed by atoms with Gasteiger partial charge in [-0.3, -0.25) is 14.4 Å². The zero-order valence-electron chi connectivity index (χ0n) is 27.1. The van der Waals surface area contributed by atoms with E-state index in [1.54, 1.807) is 6.92 Å². The molecule has 1 amide bonds. The Bertz CT molecular complexity index is 1950. The number of ether oxygens (including phenoxy) is 3. The second-order valence-corrected chi connectivity index (χ2v) is 13.2. The third-order valence-corrected chi connectivity index (χ3v) is 10.0. The Morgan fingerprint density at radius 3 is 2.45 bits per heavy atom. The number of aliphatic hydroxyl groups excluding tert-OH is 2. The van der Waals surface area contributed by atoms with Crippen molar-refractivity contribution in [3.63, 3.8) is 0 Å². The number of fused-ring (bicyclic) bond motifs is 3. The van der Waals surface area contributed by atoms with E-state index < -0.39 is 95.8 Å². The molecule has 3 aromatic carbocycles. The van der Waals surface area contributed by atoms with Crippen LogP contribution in [0.15, 0.2) is 41.5 Å². The van der Waals surface area contributed by atoms with Crippen LogP contribution in [-0.2, 0) is 15.9 Å². The zero-order chi connectivity index (χ0) is 36.2. The number of ketones is 2. The number of nitrogens with one attached hydrogen (secondary N) is 1. The molecule has 0 bridgehead atoms. The molecule has 51 heavy (non-hydrogen) atoms. The lowest BCUT2D eigenvalue weighted by Crippen LogP contribution is -2.53. The summed E-state index contributed by atoms with van der Waals surface area (Å²) in [6.45, 7) is 0.684. The average molecular weight is 767 g/mol. The molecule has 3 aromatic rings. The van der Waals surface area contributed by atoms with Gasteiger partial charge in [-0.2, -0.15) is 5.10 Å². The van der Waals surface area contributed by atoms with Crippen molar-refractivity contribution in [3.8, 4) is 17.2 Å². The first-order valence-electron chi connectivity index (χ1n) is 15.5. The summed E-state index contributed by atoms with van der Waals surface area (Å²) >= 11 is 12.0. The van der Waals surface area contributed by atoms with Crippen molar-refractivity contribution in [3.05, 3.63) is 85.4 Å². The van der Waals surface area contributed by atoms with Gasteiger partial charge >= 0.3 is 0 Å². The number of phenols is 2. The van der Waals surface area contributed by atoms with Crippen LogP contribution in [0.1, 0.15) is 79.2 Å². The standard InChI is InChI=1S/C34H33Cl2N3O11.ClH/c1-13-28(41)19(37)9-23(49-13)50-21-11-34(47,22(12-40)38-39-33(46)14-6-7-17(35)18(36)8-14)10-16-25(21)32(45)27-26(30(16)43)29(42)15-4-3-5-20(48-2)24(15)31(27)44;/h3-8,13,19,21,23,28,40-41,43,45,47H,9-12,37H2,1-2H3,(H,39,46);1H/b38-22+;/t13-,19-,21+,23-,28+,34+;/m1./s1. The highest BCUT2D eigenvalue weighted by Gasteiger charge is 2.49. The van der Waals surface area contributed by atoms with Gasteiger partial charge in [-0.05, 0) is 31.2 Å². The summed E-state index contributed by atoms with van der Waals surface area (Å²) in [6, 6.07) is 7.66. The third-order valence-electron chi connectivity index (χ3n) is 9.30. The molecule has 8 N–H and O–H groups in total. The number of halogens is 3. The minimum atomic E-state index is -2.18. The number of aliphatic hydroxyl groups is 3. The first kappa shape index (κ1) is 38.4. The quantitative estimate of drug-likeness (QED) is 0.0818. The fraction of sp³-hybridized carbons (Fsp3) is 0.353. The molecule has 0 saturated carbocycles. The number of hydrogen-bond acceptors (Lipinski definition) is 13. The predicted molar refractivity (Wildman–Crippen MR) is 185 cm³/mol. The van der Waals surface area contributed by atoms with Crippen LogP contribution in [0.3, 0.4) is 0 Å². The molecule has 1 heterocycles. The van der Waals surface area contributed by atoms with Crippen molar-refractivity contribution in [2.75, 3.05) is 13.7 Å². The number of rotatable bonds is 7. The summed E-state index contributed by atoms with van der Waals surface area (Å²) < 4.78 is 17.4. The molecule has 6 rings (SSSR count). The number of hydrazone groups is 1. The fourth-order valence-electron chi connectivity index (χ4n) is 6.72. The average Bonchev–Trinajstić information content (AvgIpc) is 3.08. The van der Waals surface area contributed by atoms with Crippen LogP contribution in [-0.4, -0.2) is 92.6 Å². The van der Waals surface area contributed by atoms with E-state index in [0.717, 1.165) is 0 Å². The lowest BCUT2D eigenvalue weighted by atomic mass is 9.71. The summed E-state index contributed by atoms with van der Waals surface area (Å²) in [5.41, 5.74) is 4.41. The number of amides is 1. The van der Waals surface area contributed by atoms with Crippen molar-refractivity contribution in [1.29, 1.82) is 0 Å². The van der Waals surface area contributed by atoms with Crippen LogP contribution in [0.2, 0.25) is 10.0 Å². The maximum atomic E-state index is 13.9. The van der Waals surface area contributed by atoms with Gasteiger partial charge in [0.05, 0.1) is 64.5 Å². The van der Waals surface area contributed by atoms with Gasteiger partial charge in [-0.1, -0.05) is 35.3 Å². The van der Waals surface area contributed by atoms with Gasteiger partial charge < -0.3 is 45.5 Å². The molecule has 2 aliphatic carbocycles. The summed E-state index contributed by atoms with van der Waals surface area (Å²) in [5, 5.41) is 60.7. The highest BCUT2D eigenvalue weighted by atomic mass is 35.5. The normalized spacial score (nSPS) is 25.6. The number of nitrogens with zero attached hydrogens (tertiary/aromatic N) is 1. The van der Waals surface area contributed by atoms with Crippen molar-refractivity contribution < 1.29 is 54.1 Å². The second-order valence-electron chi connectivity index (χ2n) is 12.4. The van der Waals surface area contributed by atoms with Gasteiger partial charge in [-0.25, -0.2) is 5.43 Å². The number of benzene rings is 3. The lowest BCUT2D eigenvalue weighted by Gasteiger charge is -2.43. The van der Waals surface area contributed by atoms with Crippen LogP contribution < -0.4 is 15.9 Å². The molecule has 14 nitrogen and oxygen atoms in total. The summed E-state index contributed by atoms with van der Waals surface area (Å²) in [7, 11) is 1.32. The summed E-state index contributed by atoms with van der Waals surface area (Å²) in [6.07, 6.45) is -5.31. The fourth-order valence-corrected chi connectivity index (χ4v) is 7.02.